The van der Waals surface area contributed by atoms with E-state index in [2.05, 4.69) is 12.6 Å². The molecule has 5 heteroatoms. The molecule has 0 aromatic carbocycles. The Hall–Kier alpha value is -0.550. The number of aliphatic carboxylic acids is 1. The van der Waals surface area contributed by atoms with Crippen molar-refractivity contribution in [1.29, 1.82) is 0 Å². The second-order valence-corrected chi connectivity index (χ2v) is 2.32. The fourth-order valence-corrected chi connectivity index (χ4v) is 0.532. The van der Waals surface area contributed by atoms with E-state index in [4.69, 9.17) is 10.8 Å². The van der Waals surface area contributed by atoms with Gasteiger partial charge in [-0.1, -0.05) is 0 Å². The first-order chi connectivity index (χ1) is 4.54. The van der Waals surface area contributed by atoms with Crippen LogP contribution in [-0.2, 0) is 9.59 Å². The summed E-state index contributed by atoms with van der Waals surface area (Å²) in [7, 11) is 0. The highest BCUT2D eigenvalue weighted by Gasteiger charge is 2.10. The first-order valence-electron chi connectivity index (χ1n) is 2.74. The minimum Gasteiger partial charge on any atom is -0.481 e. The number of nitrogens with two attached hydrogens (primary N) is 1. The lowest BCUT2D eigenvalue weighted by Crippen LogP contribution is -2.27. The van der Waals surface area contributed by atoms with E-state index >= 15 is 0 Å². The molecule has 0 saturated heterocycles. The van der Waals surface area contributed by atoms with Gasteiger partial charge in [0.25, 0.3) is 0 Å². The van der Waals surface area contributed by atoms with Gasteiger partial charge in [-0.2, -0.15) is 0 Å². The van der Waals surface area contributed by atoms with Crippen LogP contribution in [-0.4, -0.2) is 22.2 Å². The Balaban J connectivity index is 3.49. The topological polar surface area (TPSA) is 80.4 Å². The lowest BCUT2D eigenvalue weighted by molar-refractivity contribution is -0.137. The maximum Gasteiger partial charge on any atom is 0.303 e. The maximum absolute atomic E-state index is 10.3. The quantitative estimate of drug-likeness (QED) is 0.494. The zero-order valence-electron chi connectivity index (χ0n) is 5.28. The third-order valence-corrected chi connectivity index (χ3v) is 1.32. The average Bonchev–Trinajstić information content (AvgIpc) is 1.82. The van der Waals surface area contributed by atoms with E-state index in [1.54, 1.807) is 0 Å². The number of thiol groups is 1. The van der Waals surface area contributed by atoms with E-state index in [1.807, 2.05) is 0 Å². The van der Waals surface area contributed by atoms with Gasteiger partial charge in [0.05, 0.1) is 6.04 Å². The average molecular weight is 163 g/mol. The number of carboxylic acids is 1. The Kier molecular flexibility index (Phi) is 4.06. The number of hydrogen-bond donors (Lipinski definition) is 3. The number of carbonyl (C=O) groups is 2. The van der Waals surface area contributed by atoms with Crippen molar-refractivity contribution in [2.75, 3.05) is 0 Å². The van der Waals surface area contributed by atoms with Crippen LogP contribution in [0.3, 0.4) is 0 Å². The summed E-state index contributed by atoms with van der Waals surface area (Å²) in [5.41, 5.74) is 5.18. The van der Waals surface area contributed by atoms with E-state index in [-0.39, 0.29) is 12.8 Å². The maximum atomic E-state index is 10.3. The van der Waals surface area contributed by atoms with Crippen LogP contribution in [0.1, 0.15) is 12.8 Å². The molecule has 0 aromatic heterocycles. The fourth-order valence-electron chi connectivity index (χ4n) is 0.402. The van der Waals surface area contributed by atoms with Crippen molar-refractivity contribution in [3.8, 4) is 0 Å². The molecule has 58 valence electrons. The lowest BCUT2D eigenvalue weighted by atomic mass is 10.2. The van der Waals surface area contributed by atoms with Crippen LogP contribution in [0.4, 0.5) is 0 Å². The predicted octanol–water partition coefficient (Wildman–Crippen LogP) is -0.365. The first kappa shape index (κ1) is 9.45. The molecule has 0 rings (SSSR count). The Morgan fingerprint density at radius 1 is 1.60 bits per heavy atom. The van der Waals surface area contributed by atoms with Gasteiger partial charge >= 0.3 is 5.97 Å². The molecule has 0 aliphatic heterocycles. The molecule has 0 saturated carbocycles. The fraction of sp³-hybridized carbons (Fsp3) is 0.600. The lowest BCUT2D eigenvalue weighted by Gasteiger charge is -2.02. The number of hydrogen-bond acceptors (Lipinski definition) is 3. The zero-order valence-corrected chi connectivity index (χ0v) is 6.17. The summed E-state index contributed by atoms with van der Waals surface area (Å²) in [6.45, 7) is 0. The van der Waals surface area contributed by atoms with Crippen molar-refractivity contribution in [3.05, 3.63) is 0 Å². The molecular weight excluding hydrogens is 154 g/mol. The van der Waals surface area contributed by atoms with Gasteiger partial charge in [0.1, 0.15) is 0 Å². The van der Waals surface area contributed by atoms with E-state index in [1.165, 1.54) is 0 Å². The van der Waals surface area contributed by atoms with Gasteiger partial charge in [0, 0.05) is 6.42 Å². The van der Waals surface area contributed by atoms with Crippen molar-refractivity contribution >= 4 is 23.7 Å². The summed E-state index contributed by atoms with van der Waals surface area (Å²) in [6.07, 6.45) is 0.0606. The van der Waals surface area contributed by atoms with Crippen LogP contribution >= 0.6 is 12.6 Å². The summed E-state index contributed by atoms with van der Waals surface area (Å²) in [5.74, 6) is -0.954. The Morgan fingerprint density at radius 2 is 2.10 bits per heavy atom. The third kappa shape index (κ3) is 4.34. The molecule has 0 amide bonds. The highest BCUT2D eigenvalue weighted by Crippen LogP contribution is 1.97. The minimum atomic E-state index is -0.954. The molecule has 0 heterocycles. The molecule has 0 aliphatic carbocycles. The predicted molar refractivity (Wildman–Crippen MR) is 38.8 cm³/mol. The summed E-state index contributed by atoms with van der Waals surface area (Å²) in [6, 6.07) is -0.751. The normalized spacial score (nSPS) is 12.6. The summed E-state index contributed by atoms with van der Waals surface area (Å²) in [5, 5.41) is 7.68. The van der Waals surface area contributed by atoms with Crippen molar-refractivity contribution in [3.63, 3.8) is 0 Å². The van der Waals surface area contributed by atoms with Gasteiger partial charge in [-0.25, -0.2) is 0 Å². The monoisotopic (exact) mass is 163 g/mol. The first-order valence-corrected chi connectivity index (χ1v) is 3.19. The van der Waals surface area contributed by atoms with Crippen molar-refractivity contribution in [1.82, 2.24) is 0 Å². The van der Waals surface area contributed by atoms with Crippen LogP contribution in [0.25, 0.3) is 0 Å². The highest BCUT2D eigenvalue weighted by molar-refractivity contribution is 7.96. The Morgan fingerprint density at radius 3 is 2.40 bits per heavy atom. The standard InChI is InChI=1S/C5H9NO3S/c6-3(5(9)10)1-2-4(7)8/h3H,1-2,6H2,(H,7,8)(H,9,10)/t3-/m1/s1. The van der Waals surface area contributed by atoms with Crippen LogP contribution in [0, 0.1) is 0 Å². The second-order valence-electron chi connectivity index (χ2n) is 1.88. The minimum absolute atomic E-state index is 0.0898. The van der Waals surface area contributed by atoms with Gasteiger partial charge in [-0.05, 0) is 6.42 Å². The van der Waals surface area contributed by atoms with E-state index in [0.29, 0.717) is 0 Å². The van der Waals surface area contributed by atoms with Gasteiger partial charge < -0.3 is 10.8 Å². The molecule has 10 heavy (non-hydrogen) atoms. The number of rotatable bonds is 4. The van der Waals surface area contributed by atoms with Crippen LogP contribution in [0.15, 0.2) is 0 Å². The van der Waals surface area contributed by atoms with Crippen LogP contribution in [0.5, 0.6) is 0 Å². The number of carbonyl (C=O) groups excluding carboxylic acids is 1. The number of carboxylic acid groups (broad SMARTS) is 1. The van der Waals surface area contributed by atoms with Gasteiger partial charge in [-0.15, -0.1) is 12.6 Å². The molecule has 0 spiro atoms. The molecule has 0 unspecified atom stereocenters. The molecular formula is C5H9NO3S. The zero-order chi connectivity index (χ0) is 8.15. The summed E-state index contributed by atoms with van der Waals surface area (Å²) >= 11 is 3.44. The largest absolute Gasteiger partial charge is 0.481 e. The summed E-state index contributed by atoms with van der Waals surface area (Å²) in [4.78, 5) is 20.2. The molecule has 0 radical (unpaired) electrons. The van der Waals surface area contributed by atoms with E-state index < -0.39 is 17.1 Å². The van der Waals surface area contributed by atoms with Crippen molar-refractivity contribution in [2.45, 2.75) is 18.9 Å². The molecule has 0 bridgehead atoms. The molecule has 0 aromatic rings. The smallest absolute Gasteiger partial charge is 0.303 e. The Labute approximate surface area is 63.8 Å². The van der Waals surface area contributed by atoms with Gasteiger partial charge in [-0.3, -0.25) is 9.59 Å². The van der Waals surface area contributed by atoms with Gasteiger partial charge in [0.15, 0.2) is 0 Å². The van der Waals surface area contributed by atoms with Crippen LogP contribution in [0.2, 0.25) is 0 Å². The second kappa shape index (κ2) is 4.29. The molecule has 4 nitrogen and oxygen atoms in total. The molecule has 3 N–H and O–H groups in total. The van der Waals surface area contributed by atoms with Crippen molar-refractivity contribution in [2.24, 2.45) is 5.73 Å². The highest BCUT2D eigenvalue weighted by atomic mass is 32.1. The van der Waals surface area contributed by atoms with Crippen LogP contribution < -0.4 is 5.73 Å². The molecule has 1 atom stereocenters. The Bertz CT molecular complexity index is 148. The van der Waals surface area contributed by atoms with Crippen molar-refractivity contribution < 1.29 is 14.7 Å². The molecule has 0 aliphatic rings. The van der Waals surface area contributed by atoms with Gasteiger partial charge in [0.2, 0.25) is 5.12 Å². The summed E-state index contributed by atoms with van der Waals surface area (Å²) < 4.78 is 0. The third-order valence-electron chi connectivity index (χ3n) is 0.986. The van der Waals surface area contributed by atoms with E-state index in [9.17, 15) is 9.59 Å². The van der Waals surface area contributed by atoms with E-state index in [0.717, 1.165) is 0 Å². The molecule has 0 fully saturated rings. The SMILES string of the molecule is N[C@H](CCC(=O)O)C(=O)S.